The summed E-state index contributed by atoms with van der Waals surface area (Å²) in [5.74, 6) is -1.94. The number of morpholine rings is 1. The van der Waals surface area contributed by atoms with Crippen LogP contribution in [0.2, 0.25) is 5.04 Å². The van der Waals surface area contributed by atoms with Gasteiger partial charge in [-0.25, -0.2) is 13.8 Å². The second-order valence-electron chi connectivity index (χ2n) is 12.5. The van der Waals surface area contributed by atoms with E-state index >= 15 is 8.78 Å². The number of oxime groups is 1. The third-order valence-corrected chi connectivity index (χ3v) is 13.2. The van der Waals surface area contributed by atoms with E-state index in [9.17, 15) is 5.21 Å². The summed E-state index contributed by atoms with van der Waals surface area (Å²) in [4.78, 5) is 6.06. The number of halogens is 2. The van der Waals surface area contributed by atoms with Crippen LogP contribution in [-0.2, 0) is 22.8 Å². The Hall–Kier alpha value is -3.86. The number of ether oxygens (including phenoxy) is 1. The predicted octanol–water partition coefficient (Wildman–Crippen LogP) is 5.62. The Morgan fingerprint density at radius 2 is 1.57 bits per heavy atom. The molecule has 1 fully saturated rings. The molecule has 5 rings (SSSR count). The van der Waals surface area contributed by atoms with Gasteiger partial charge in [0.2, 0.25) is 0 Å². The third kappa shape index (κ3) is 5.81. The molecule has 1 aliphatic heterocycles. The van der Waals surface area contributed by atoms with E-state index in [1.54, 1.807) is 23.9 Å². The Bertz CT molecular complexity index is 1570. The van der Waals surface area contributed by atoms with Gasteiger partial charge in [-0.15, -0.1) is 0 Å². The molecule has 0 radical (unpaired) electrons. The van der Waals surface area contributed by atoms with Gasteiger partial charge in [-0.3, -0.25) is 0 Å². The van der Waals surface area contributed by atoms with Crippen molar-refractivity contribution in [3.8, 4) is 0 Å². The number of aromatic nitrogens is 2. The van der Waals surface area contributed by atoms with Gasteiger partial charge >= 0.3 is 0 Å². The Morgan fingerprint density at radius 3 is 2.05 bits per heavy atom. The monoisotopic (exact) mass is 618 g/mol. The fraction of sp³-hybridized carbons (Fsp3) is 0.353. The molecule has 7 nitrogen and oxygen atoms in total. The van der Waals surface area contributed by atoms with Gasteiger partial charge in [-0.2, -0.15) is 0 Å². The second kappa shape index (κ2) is 12.6. The minimum Gasteiger partial charge on any atom is -0.410 e. The van der Waals surface area contributed by atoms with Crippen LogP contribution in [0.5, 0.6) is 0 Å². The number of benzene rings is 3. The van der Waals surface area contributed by atoms with Gasteiger partial charge in [-0.1, -0.05) is 86.6 Å². The SMILES string of the molecule is C[C@@H]1CN(c2c(CO[Si](c3ccccc3)(c3ccccc3)C(C)(C)C)cc(C(=NO)c3nccn3C)c(F)c2F)C[C@H](C)O1. The third-order valence-electron chi connectivity index (χ3n) is 8.24. The lowest BCUT2D eigenvalue weighted by Crippen LogP contribution is -2.66. The zero-order valence-electron chi connectivity index (χ0n) is 26.1. The molecule has 0 bridgehead atoms. The van der Waals surface area contributed by atoms with Crippen molar-refractivity contribution in [2.75, 3.05) is 18.0 Å². The standard InChI is InChI=1S/C34H40F2N4O3Si/c1-23-20-40(21-24(2)43-23)32-25(19-28(29(35)30(32)36)31(38-41)33-37-17-18-39(33)6)22-42-44(34(3,4)5,26-13-9-7-10-14-26)27-15-11-8-12-16-27/h7-19,23-24,41H,20-22H2,1-6H3/t23-,24+. The zero-order valence-corrected chi connectivity index (χ0v) is 27.1. The van der Waals surface area contributed by atoms with E-state index in [2.05, 4.69) is 55.2 Å². The first-order valence-corrected chi connectivity index (χ1v) is 16.7. The second-order valence-corrected chi connectivity index (χ2v) is 16.8. The van der Waals surface area contributed by atoms with Gasteiger partial charge in [0.25, 0.3) is 8.32 Å². The van der Waals surface area contributed by atoms with Crippen LogP contribution in [0.25, 0.3) is 0 Å². The lowest BCUT2D eigenvalue weighted by molar-refractivity contribution is -0.00553. The maximum absolute atomic E-state index is 16.4. The summed E-state index contributed by atoms with van der Waals surface area (Å²) in [6.45, 7) is 11.1. The van der Waals surface area contributed by atoms with E-state index in [4.69, 9.17) is 9.16 Å². The van der Waals surface area contributed by atoms with Crippen LogP contribution in [0, 0.1) is 11.6 Å². The molecule has 1 aromatic heterocycles. The normalized spacial score (nSPS) is 18.1. The van der Waals surface area contributed by atoms with Crippen LogP contribution in [-0.4, -0.2) is 54.1 Å². The lowest BCUT2D eigenvalue weighted by atomic mass is 10.0. The minimum atomic E-state index is -3.03. The molecule has 0 aliphatic carbocycles. The Morgan fingerprint density at radius 1 is 1.00 bits per heavy atom. The molecule has 0 unspecified atom stereocenters. The van der Waals surface area contributed by atoms with E-state index in [1.807, 2.05) is 55.1 Å². The van der Waals surface area contributed by atoms with Gasteiger partial charge in [0.05, 0.1) is 24.5 Å². The molecule has 2 heterocycles. The molecule has 44 heavy (non-hydrogen) atoms. The number of anilines is 1. The van der Waals surface area contributed by atoms with Crippen molar-refractivity contribution in [3.63, 3.8) is 0 Å². The highest BCUT2D eigenvalue weighted by Crippen LogP contribution is 2.39. The van der Waals surface area contributed by atoms with Gasteiger partial charge in [0.15, 0.2) is 23.2 Å². The van der Waals surface area contributed by atoms with Crippen molar-refractivity contribution < 1.29 is 23.2 Å². The van der Waals surface area contributed by atoms with Gasteiger partial charge in [0.1, 0.15) is 0 Å². The number of hydrogen-bond donors (Lipinski definition) is 1. The van der Waals surface area contributed by atoms with Crippen LogP contribution in [0.15, 0.2) is 84.3 Å². The molecule has 0 saturated carbocycles. The van der Waals surface area contributed by atoms with Crippen LogP contribution in [0.3, 0.4) is 0 Å². The highest BCUT2D eigenvalue weighted by Gasteiger charge is 2.50. The van der Waals surface area contributed by atoms with Crippen LogP contribution in [0.4, 0.5) is 14.5 Å². The Kier molecular flexibility index (Phi) is 9.06. The molecule has 1 aliphatic rings. The smallest absolute Gasteiger partial charge is 0.261 e. The molecule has 10 heteroatoms. The topological polar surface area (TPSA) is 72.1 Å². The number of hydrogen-bond acceptors (Lipinski definition) is 6. The zero-order chi connectivity index (χ0) is 31.6. The van der Waals surface area contributed by atoms with E-state index in [-0.39, 0.29) is 46.6 Å². The molecular weight excluding hydrogens is 578 g/mol. The minimum absolute atomic E-state index is 0.00773. The predicted molar refractivity (Wildman–Crippen MR) is 172 cm³/mol. The molecule has 2 atom stereocenters. The van der Waals surface area contributed by atoms with Crippen molar-refractivity contribution in [3.05, 3.63) is 108 Å². The summed E-state index contributed by atoms with van der Waals surface area (Å²) in [5, 5.41) is 15.2. The fourth-order valence-corrected chi connectivity index (χ4v) is 10.9. The number of nitrogens with zero attached hydrogens (tertiary/aromatic N) is 4. The molecule has 0 spiro atoms. The Balaban J connectivity index is 1.71. The van der Waals surface area contributed by atoms with Gasteiger partial charge < -0.3 is 23.8 Å². The number of aryl methyl sites for hydroxylation is 1. The summed E-state index contributed by atoms with van der Waals surface area (Å²) in [6.07, 6.45) is 2.78. The highest BCUT2D eigenvalue weighted by atomic mass is 28.4. The van der Waals surface area contributed by atoms with E-state index in [0.29, 0.717) is 18.7 Å². The van der Waals surface area contributed by atoms with Gasteiger partial charge in [-0.05, 0) is 35.3 Å². The first kappa shape index (κ1) is 31.6. The maximum atomic E-state index is 16.4. The number of imidazole rings is 1. The van der Waals surface area contributed by atoms with Crippen LogP contribution in [0.1, 0.15) is 51.6 Å². The summed E-state index contributed by atoms with van der Waals surface area (Å²) < 4.78 is 47.2. The average molecular weight is 619 g/mol. The lowest BCUT2D eigenvalue weighted by Gasteiger charge is -2.43. The fourth-order valence-electron chi connectivity index (χ4n) is 6.41. The maximum Gasteiger partial charge on any atom is 0.261 e. The summed E-state index contributed by atoms with van der Waals surface area (Å²) in [6, 6.07) is 21.9. The van der Waals surface area contributed by atoms with Gasteiger partial charge in [0, 0.05) is 43.7 Å². The molecule has 3 aromatic carbocycles. The van der Waals surface area contributed by atoms with Crippen LogP contribution < -0.4 is 15.3 Å². The molecule has 0 amide bonds. The van der Waals surface area contributed by atoms with E-state index in [0.717, 1.165) is 10.4 Å². The summed E-state index contributed by atoms with van der Waals surface area (Å²) in [7, 11) is -1.34. The largest absolute Gasteiger partial charge is 0.410 e. The van der Waals surface area contributed by atoms with Crippen molar-refractivity contribution in [1.29, 1.82) is 0 Å². The first-order chi connectivity index (χ1) is 21.0. The summed E-state index contributed by atoms with van der Waals surface area (Å²) >= 11 is 0. The van der Waals surface area contributed by atoms with Crippen molar-refractivity contribution in [1.82, 2.24) is 9.55 Å². The molecule has 232 valence electrons. The quantitative estimate of drug-likeness (QED) is 0.120. The van der Waals surface area contributed by atoms with Crippen LogP contribution >= 0.6 is 0 Å². The summed E-state index contributed by atoms with van der Waals surface area (Å²) in [5.41, 5.74) is 0.209. The van der Waals surface area contributed by atoms with Crippen molar-refractivity contribution in [2.45, 2.75) is 58.5 Å². The first-order valence-electron chi connectivity index (χ1n) is 14.8. The van der Waals surface area contributed by atoms with E-state index in [1.165, 1.54) is 6.20 Å². The van der Waals surface area contributed by atoms with E-state index < -0.39 is 20.0 Å². The average Bonchev–Trinajstić information content (AvgIpc) is 3.41. The molecular formula is C34H40F2N4O3Si. The molecule has 1 saturated heterocycles. The number of rotatable bonds is 8. The Labute approximate surface area is 258 Å². The van der Waals surface area contributed by atoms with Crippen molar-refractivity contribution in [2.24, 2.45) is 12.2 Å². The molecule has 1 N–H and O–H groups in total. The van der Waals surface area contributed by atoms with Crippen molar-refractivity contribution >= 4 is 30.1 Å². The molecule has 4 aromatic rings. The highest BCUT2D eigenvalue weighted by molar-refractivity contribution is 6.99.